The Morgan fingerprint density at radius 1 is 1.08 bits per heavy atom. The molecule has 0 aliphatic carbocycles. The van der Waals surface area contributed by atoms with E-state index in [9.17, 15) is 4.79 Å². The van der Waals surface area contributed by atoms with Crippen LogP contribution in [-0.4, -0.2) is 67.1 Å². The van der Waals surface area contributed by atoms with Gasteiger partial charge in [0.2, 0.25) is 0 Å². The summed E-state index contributed by atoms with van der Waals surface area (Å²) in [7, 11) is 2.14. The Kier molecular flexibility index (Phi) is 6.69. The second kappa shape index (κ2) is 10.3. The molecule has 0 bridgehead atoms. The lowest BCUT2D eigenvalue weighted by Gasteiger charge is -2.31. The van der Waals surface area contributed by atoms with Gasteiger partial charge in [-0.2, -0.15) is 4.98 Å². The Balaban J connectivity index is 1.25. The number of piperazine rings is 1. The summed E-state index contributed by atoms with van der Waals surface area (Å²) in [6, 6.07) is 8.70. The van der Waals surface area contributed by atoms with Crippen LogP contribution in [0.1, 0.15) is 35.9 Å². The van der Waals surface area contributed by atoms with Crippen LogP contribution in [0.4, 0.5) is 17.4 Å². The summed E-state index contributed by atoms with van der Waals surface area (Å²) in [5.41, 5.74) is 5.91. The van der Waals surface area contributed by atoms with Gasteiger partial charge in [0.15, 0.2) is 5.58 Å². The van der Waals surface area contributed by atoms with Crippen LogP contribution in [0.15, 0.2) is 46.0 Å². The zero-order valence-electron chi connectivity index (χ0n) is 21.4. The number of rotatable bonds is 5. The Hall–Kier alpha value is -3.24. The van der Waals surface area contributed by atoms with Crippen LogP contribution >= 0.6 is 11.8 Å². The Bertz CT molecular complexity index is 1330. The third kappa shape index (κ3) is 5.13. The molecule has 1 atom stereocenters. The molecule has 9 nitrogen and oxygen atoms in total. The lowest BCUT2D eigenvalue weighted by atomic mass is 10.1. The number of amides is 1. The fourth-order valence-electron chi connectivity index (χ4n) is 5.13. The average Bonchev–Trinajstić information content (AvgIpc) is 3.57. The molecule has 2 saturated heterocycles. The molecule has 194 valence electrons. The maximum atomic E-state index is 13.4. The molecular formula is C27H33N7O2S. The number of benzene rings is 1. The van der Waals surface area contributed by atoms with Crippen LogP contribution in [0.3, 0.4) is 0 Å². The number of oxazole rings is 1. The molecule has 3 aliphatic rings. The van der Waals surface area contributed by atoms with Crippen LogP contribution < -0.4 is 20.4 Å². The summed E-state index contributed by atoms with van der Waals surface area (Å²) in [5, 5.41) is 8.43. The monoisotopic (exact) mass is 519 g/mol. The van der Waals surface area contributed by atoms with Gasteiger partial charge in [-0.3, -0.25) is 9.78 Å². The number of carbonyl (C=O) groups excluding carboxylic acids is 1. The Labute approximate surface area is 221 Å². The van der Waals surface area contributed by atoms with E-state index in [1.165, 1.54) is 6.42 Å². The van der Waals surface area contributed by atoms with Gasteiger partial charge >= 0.3 is 0 Å². The van der Waals surface area contributed by atoms with Crippen LogP contribution in [0, 0.1) is 6.92 Å². The van der Waals surface area contributed by atoms with Crippen molar-refractivity contribution in [2.24, 2.45) is 0 Å². The van der Waals surface area contributed by atoms with E-state index in [1.54, 1.807) is 18.0 Å². The number of thioether (sulfide) groups is 1. The highest BCUT2D eigenvalue weighted by atomic mass is 32.2. The molecule has 5 heterocycles. The van der Waals surface area contributed by atoms with Gasteiger partial charge in [-0.25, -0.2) is 0 Å². The SMILES string of the molecule is Cc1cc(C2NC(C(=O)Nc3cc4oc(N5CCN(C)CC5)nc4cc3N3CCCCC3)=CS2)ccn1. The summed E-state index contributed by atoms with van der Waals surface area (Å²) in [6.45, 7) is 7.66. The van der Waals surface area contributed by atoms with Crippen LogP contribution in [0.25, 0.3) is 11.1 Å². The highest BCUT2D eigenvalue weighted by molar-refractivity contribution is 8.02. The van der Waals surface area contributed by atoms with Crippen molar-refractivity contribution in [2.45, 2.75) is 31.6 Å². The van der Waals surface area contributed by atoms with E-state index >= 15 is 0 Å². The Morgan fingerprint density at radius 2 is 1.89 bits per heavy atom. The predicted octanol–water partition coefficient (Wildman–Crippen LogP) is 4.09. The van der Waals surface area contributed by atoms with Gasteiger partial charge in [0.25, 0.3) is 11.9 Å². The highest BCUT2D eigenvalue weighted by Crippen LogP contribution is 2.37. The van der Waals surface area contributed by atoms with Crippen LogP contribution in [0.5, 0.6) is 0 Å². The Morgan fingerprint density at radius 3 is 2.68 bits per heavy atom. The van der Waals surface area contributed by atoms with Crippen molar-refractivity contribution in [2.75, 3.05) is 61.4 Å². The van der Waals surface area contributed by atoms with Crippen molar-refractivity contribution in [1.82, 2.24) is 20.2 Å². The van der Waals surface area contributed by atoms with Gasteiger partial charge < -0.3 is 29.8 Å². The molecule has 37 heavy (non-hydrogen) atoms. The van der Waals surface area contributed by atoms with E-state index in [0.29, 0.717) is 17.3 Å². The van der Waals surface area contributed by atoms with Gasteiger partial charge in [0.1, 0.15) is 16.6 Å². The summed E-state index contributed by atoms with van der Waals surface area (Å²) in [6.07, 6.45) is 5.33. The number of carbonyl (C=O) groups is 1. The second-order valence-electron chi connectivity index (χ2n) is 10.0. The van der Waals surface area contributed by atoms with Crippen molar-refractivity contribution < 1.29 is 9.21 Å². The summed E-state index contributed by atoms with van der Waals surface area (Å²) in [5.74, 6) is -0.155. The number of aryl methyl sites for hydroxylation is 1. The molecule has 3 aliphatic heterocycles. The van der Waals surface area contributed by atoms with Gasteiger partial charge in [0.05, 0.1) is 11.4 Å². The molecule has 0 radical (unpaired) electrons. The molecule has 2 aromatic heterocycles. The smallest absolute Gasteiger partial charge is 0.298 e. The molecule has 1 aromatic carbocycles. The van der Waals surface area contributed by atoms with E-state index in [4.69, 9.17) is 9.40 Å². The third-order valence-corrected chi connectivity index (χ3v) is 8.32. The number of fused-ring (bicyclic) bond motifs is 1. The normalized spacial score (nSPS) is 20.7. The minimum absolute atomic E-state index is 0.00749. The summed E-state index contributed by atoms with van der Waals surface area (Å²) in [4.78, 5) is 29.3. The number of hydrogen-bond donors (Lipinski definition) is 2. The predicted molar refractivity (Wildman–Crippen MR) is 149 cm³/mol. The van der Waals surface area contributed by atoms with Crippen molar-refractivity contribution in [3.05, 3.63) is 52.8 Å². The number of piperidine rings is 1. The number of likely N-dealkylation sites (N-methyl/N-ethyl adjacent to an activating group) is 1. The molecule has 2 fully saturated rings. The molecule has 1 amide bonds. The quantitative estimate of drug-likeness (QED) is 0.517. The fourth-order valence-corrected chi connectivity index (χ4v) is 6.07. The van der Waals surface area contributed by atoms with Crippen molar-refractivity contribution in [3.8, 4) is 0 Å². The molecule has 6 rings (SSSR count). The number of anilines is 3. The first kappa shape index (κ1) is 24.1. The average molecular weight is 520 g/mol. The topological polar surface area (TPSA) is 89.8 Å². The molecule has 0 saturated carbocycles. The summed E-state index contributed by atoms with van der Waals surface area (Å²) >= 11 is 1.60. The minimum Gasteiger partial charge on any atom is -0.423 e. The van der Waals surface area contributed by atoms with E-state index < -0.39 is 0 Å². The number of nitrogens with zero attached hydrogens (tertiary/aromatic N) is 5. The molecule has 1 unspecified atom stereocenters. The highest BCUT2D eigenvalue weighted by Gasteiger charge is 2.26. The van der Waals surface area contributed by atoms with E-state index in [2.05, 4.69) is 43.4 Å². The second-order valence-corrected chi connectivity index (χ2v) is 11.0. The lowest BCUT2D eigenvalue weighted by molar-refractivity contribution is -0.113. The van der Waals surface area contributed by atoms with Gasteiger partial charge in [0, 0.05) is 62.6 Å². The van der Waals surface area contributed by atoms with Crippen LogP contribution in [-0.2, 0) is 4.79 Å². The van der Waals surface area contributed by atoms with E-state index in [1.807, 2.05) is 30.5 Å². The lowest BCUT2D eigenvalue weighted by Crippen LogP contribution is -2.44. The van der Waals surface area contributed by atoms with Gasteiger partial charge in [-0.1, -0.05) is 0 Å². The third-order valence-electron chi connectivity index (χ3n) is 7.29. The number of aromatic nitrogens is 2. The first-order valence-corrected chi connectivity index (χ1v) is 14.0. The van der Waals surface area contributed by atoms with Gasteiger partial charge in [-0.15, -0.1) is 11.8 Å². The molecule has 0 spiro atoms. The van der Waals surface area contributed by atoms with E-state index in [-0.39, 0.29) is 11.3 Å². The number of nitrogens with one attached hydrogen (secondary N) is 2. The maximum Gasteiger partial charge on any atom is 0.298 e. The molecule has 10 heteroatoms. The minimum atomic E-state index is -0.155. The van der Waals surface area contributed by atoms with Crippen molar-refractivity contribution in [3.63, 3.8) is 0 Å². The zero-order chi connectivity index (χ0) is 25.4. The fraction of sp³-hybridized carbons (Fsp3) is 0.444. The summed E-state index contributed by atoms with van der Waals surface area (Å²) < 4.78 is 6.21. The standard InChI is InChI=1S/C27H33N7O2S/c1-18-14-19(6-7-28-18)26-30-22(17-37-26)25(35)29-20-16-24-21(15-23(20)33-8-4-3-5-9-33)31-27(36-24)34-12-10-32(2)11-13-34/h6-7,14-17,26,30H,3-5,8-13H2,1-2H3,(H,29,35). The van der Waals surface area contributed by atoms with Crippen LogP contribution in [0.2, 0.25) is 0 Å². The van der Waals surface area contributed by atoms with E-state index in [0.717, 1.165) is 80.3 Å². The van der Waals surface area contributed by atoms with Gasteiger partial charge in [-0.05, 0) is 57.0 Å². The van der Waals surface area contributed by atoms with Crippen molar-refractivity contribution >= 4 is 46.2 Å². The molecular weight excluding hydrogens is 486 g/mol. The molecule has 3 aromatic rings. The first-order chi connectivity index (χ1) is 18.0. The number of pyridine rings is 1. The largest absolute Gasteiger partial charge is 0.423 e. The first-order valence-electron chi connectivity index (χ1n) is 13.0. The zero-order valence-corrected chi connectivity index (χ0v) is 22.2. The van der Waals surface area contributed by atoms with Crippen molar-refractivity contribution in [1.29, 1.82) is 0 Å². The number of hydrogen-bond acceptors (Lipinski definition) is 9. The maximum absolute atomic E-state index is 13.4. The molecule has 2 N–H and O–H groups in total.